The molecule has 1 aromatic carbocycles. The van der Waals surface area contributed by atoms with Crippen molar-refractivity contribution >= 4 is 39.4 Å². The number of alkyl halides is 3. The number of halogens is 5. The van der Waals surface area contributed by atoms with Gasteiger partial charge in [0, 0.05) is 30.5 Å². The van der Waals surface area contributed by atoms with Crippen LogP contribution in [0.2, 0.25) is 0 Å². The molecule has 0 aromatic heterocycles. The van der Waals surface area contributed by atoms with Gasteiger partial charge in [-0.1, -0.05) is 21.6 Å². The van der Waals surface area contributed by atoms with E-state index < -0.39 is 29.7 Å². The molecule has 0 aliphatic carbocycles. The van der Waals surface area contributed by atoms with E-state index >= 15 is 0 Å². The van der Waals surface area contributed by atoms with Crippen LogP contribution >= 0.6 is 21.6 Å². The highest BCUT2D eigenvalue weighted by Crippen LogP contribution is 2.21. The maximum Gasteiger partial charge on any atom is 0.490 e. The van der Waals surface area contributed by atoms with E-state index in [1.165, 1.54) is 33.7 Å². The van der Waals surface area contributed by atoms with Gasteiger partial charge in [0.05, 0.1) is 6.42 Å². The van der Waals surface area contributed by atoms with Gasteiger partial charge < -0.3 is 15.5 Å². The molecule has 0 aliphatic rings. The van der Waals surface area contributed by atoms with Gasteiger partial charge in [0.2, 0.25) is 5.91 Å². The molecule has 1 rings (SSSR count). The van der Waals surface area contributed by atoms with Gasteiger partial charge in [0.1, 0.15) is 11.6 Å². The number of aliphatic carboxylic acids is 2. The second-order valence-electron chi connectivity index (χ2n) is 5.22. The highest BCUT2D eigenvalue weighted by Gasteiger charge is 2.38. The van der Waals surface area contributed by atoms with E-state index in [2.05, 4.69) is 5.32 Å². The number of nitrogens with one attached hydrogen (secondary N) is 1. The number of rotatable bonds is 10. The molecule has 164 valence electrons. The number of carbonyl (C=O) groups is 3. The summed E-state index contributed by atoms with van der Waals surface area (Å²) in [6, 6.07) is 3.22. The first kappa shape index (κ1) is 27.0. The molecule has 3 N–H and O–H groups in total. The Morgan fingerprint density at radius 2 is 1.45 bits per heavy atom. The Bertz CT molecular complexity index is 668. The van der Waals surface area contributed by atoms with Crippen LogP contribution in [0, 0.1) is 11.6 Å². The first-order valence-corrected chi connectivity index (χ1v) is 10.4. The second-order valence-corrected chi connectivity index (χ2v) is 7.92. The Hall–Kier alpha value is -2.02. The molecule has 0 bridgehead atoms. The first-order chi connectivity index (χ1) is 13.4. The molecule has 0 heterocycles. The Balaban J connectivity index is 0.000000956. The lowest BCUT2D eigenvalue weighted by atomic mass is 10.1. The van der Waals surface area contributed by atoms with Gasteiger partial charge in [-0.15, -0.1) is 0 Å². The number of benzene rings is 1. The first-order valence-electron chi connectivity index (χ1n) is 7.89. The van der Waals surface area contributed by atoms with Gasteiger partial charge >= 0.3 is 18.1 Å². The fourth-order valence-electron chi connectivity index (χ4n) is 1.58. The molecule has 1 aromatic rings. The molecule has 0 unspecified atom stereocenters. The Morgan fingerprint density at radius 3 is 1.93 bits per heavy atom. The Labute approximate surface area is 170 Å². The summed E-state index contributed by atoms with van der Waals surface area (Å²) in [6.07, 6.45) is -4.52. The summed E-state index contributed by atoms with van der Waals surface area (Å²) in [7, 11) is 2.94. The zero-order chi connectivity index (χ0) is 22.4. The third kappa shape index (κ3) is 15.6. The average Bonchev–Trinajstić information content (AvgIpc) is 2.57. The average molecular weight is 463 g/mol. The van der Waals surface area contributed by atoms with Crippen LogP contribution in [0.15, 0.2) is 18.2 Å². The summed E-state index contributed by atoms with van der Waals surface area (Å²) in [5.74, 6) is -3.86. The molecule has 0 spiro atoms. The van der Waals surface area contributed by atoms with E-state index in [0.717, 1.165) is 6.07 Å². The molecular weight excluding hydrogens is 445 g/mol. The van der Waals surface area contributed by atoms with Crippen LogP contribution < -0.4 is 5.32 Å². The van der Waals surface area contributed by atoms with Crippen LogP contribution in [0.5, 0.6) is 0 Å². The third-order valence-corrected chi connectivity index (χ3v) is 5.20. The highest BCUT2D eigenvalue weighted by molar-refractivity contribution is 8.76. The number of hydrogen-bond donors (Lipinski definition) is 3. The van der Waals surface area contributed by atoms with Crippen molar-refractivity contribution in [3.63, 3.8) is 0 Å². The standard InChI is InChI=1S/C14H17F2NO3S2.C2HF3O2/c15-11-7-10(8-12(16)9-11)1-2-13(18)17-4-6-22-21-5-3-14(19)20;3-2(4,5)1(6)7/h7-9H,1-6H2,(H,17,18)(H,19,20);(H,6,7). The molecule has 0 saturated heterocycles. The number of carboxylic acid groups (broad SMARTS) is 2. The zero-order valence-corrected chi connectivity index (χ0v) is 16.4. The molecule has 13 heteroatoms. The predicted octanol–water partition coefficient (Wildman–Crippen LogP) is 3.50. The van der Waals surface area contributed by atoms with Crippen molar-refractivity contribution in [3.05, 3.63) is 35.4 Å². The monoisotopic (exact) mass is 463 g/mol. The van der Waals surface area contributed by atoms with Crippen LogP contribution in [0.4, 0.5) is 22.0 Å². The van der Waals surface area contributed by atoms with Gasteiger partial charge in [-0.25, -0.2) is 13.6 Å². The van der Waals surface area contributed by atoms with Crippen molar-refractivity contribution in [2.24, 2.45) is 0 Å². The lowest BCUT2D eigenvalue weighted by Gasteiger charge is -2.05. The molecule has 0 radical (unpaired) electrons. The fourth-order valence-corrected chi connectivity index (χ4v) is 3.47. The fraction of sp³-hybridized carbons (Fsp3) is 0.438. The Kier molecular flexibility index (Phi) is 13.1. The summed E-state index contributed by atoms with van der Waals surface area (Å²) >= 11 is 0. The number of carboxylic acids is 2. The van der Waals surface area contributed by atoms with E-state index in [1.807, 2.05) is 0 Å². The van der Waals surface area contributed by atoms with E-state index in [-0.39, 0.29) is 25.2 Å². The molecule has 0 fully saturated rings. The van der Waals surface area contributed by atoms with Gasteiger partial charge in [-0.05, 0) is 24.1 Å². The van der Waals surface area contributed by atoms with Crippen molar-refractivity contribution in [2.45, 2.75) is 25.4 Å². The maximum atomic E-state index is 13.0. The normalized spacial score (nSPS) is 10.7. The SMILES string of the molecule is O=C(O)C(F)(F)F.O=C(O)CCSSCCNC(=O)CCc1cc(F)cc(F)c1. The molecule has 1 amide bonds. The van der Waals surface area contributed by atoms with Crippen molar-refractivity contribution in [3.8, 4) is 0 Å². The number of amides is 1. The van der Waals surface area contributed by atoms with Crippen LogP contribution in [-0.2, 0) is 20.8 Å². The molecular formula is C16H18F5NO5S2. The largest absolute Gasteiger partial charge is 0.490 e. The molecule has 0 atom stereocenters. The van der Waals surface area contributed by atoms with Crippen molar-refractivity contribution in [1.82, 2.24) is 5.32 Å². The summed E-state index contributed by atoms with van der Waals surface area (Å²) < 4.78 is 57.7. The summed E-state index contributed by atoms with van der Waals surface area (Å²) in [5.41, 5.74) is 0.450. The lowest BCUT2D eigenvalue weighted by Crippen LogP contribution is -2.25. The number of hydrogen-bond acceptors (Lipinski definition) is 5. The van der Waals surface area contributed by atoms with Crippen molar-refractivity contribution in [1.29, 1.82) is 0 Å². The van der Waals surface area contributed by atoms with E-state index in [4.69, 9.17) is 15.0 Å². The van der Waals surface area contributed by atoms with Crippen LogP contribution in [0.25, 0.3) is 0 Å². The number of carbonyl (C=O) groups excluding carboxylic acids is 1. The Morgan fingerprint density at radius 1 is 0.931 bits per heavy atom. The predicted molar refractivity (Wildman–Crippen MR) is 98.5 cm³/mol. The lowest BCUT2D eigenvalue weighted by molar-refractivity contribution is -0.192. The highest BCUT2D eigenvalue weighted by atomic mass is 33.1. The molecule has 29 heavy (non-hydrogen) atoms. The van der Waals surface area contributed by atoms with Gasteiger partial charge in [0.25, 0.3) is 0 Å². The topological polar surface area (TPSA) is 104 Å². The van der Waals surface area contributed by atoms with Crippen LogP contribution in [0.3, 0.4) is 0 Å². The van der Waals surface area contributed by atoms with E-state index in [1.54, 1.807) is 0 Å². The summed E-state index contributed by atoms with van der Waals surface area (Å²) in [6.45, 7) is 0.473. The summed E-state index contributed by atoms with van der Waals surface area (Å²) in [4.78, 5) is 30.7. The zero-order valence-electron chi connectivity index (χ0n) is 14.8. The maximum absolute atomic E-state index is 13.0. The minimum Gasteiger partial charge on any atom is -0.481 e. The van der Waals surface area contributed by atoms with Crippen molar-refractivity contribution < 1.29 is 46.5 Å². The van der Waals surface area contributed by atoms with Crippen LogP contribution in [-0.4, -0.2) is 52.3 Å². The van der Waals surface area contributed by atoms with Gasteiger partial charge in [-0.3, -0.25) is 9.59 Å². The molecule has 0 saturated carbocycles. The summed E-state index contributed by atoms with van der Waals surface area (Å²) in [5, 5.41) is 18.3. The minimum atomic E-state index is -5.08. The smallest absolute Gasteiger partial charge is 0.481 e. The second kappa shape index (κ2) is 14.0. The van der Waals surface area contributed by atoms with Crippen molar-refractivity contribution in [2.75, 3.05) is 18.1 Å². The molecule has 0 aliphatic heterocycles. The van der Waals surface area contributed by atoms with E-state index in [9.17, 15) is 31.5 Å². The third-order valence-electron chi connectivity index (χ3n) is 2.80. The quantitative estimate of drug-likeness (QED) is 0.277. The van der Waals surface area contributed by atoms with Gasteiger partial charge in [0.15, 0.2) is 0 Å². The van der Waals surface area contributed by atoms with Gasteiger partial charge in [-0.2, -0.15) is 13.2 Å². The van der Waals surface area contributed by atoms with E-state index in [0.29, 0.717) is 23.6 Å². The van der Waals surface area contributed by atoms with Crippen LogP contribution in [0.1, 0.15) is 18.4 Å². The molecule has 6 nitrogen and oxygen atoms in total. The number of aryl methyl sites for hydroxylation is 1. The minimum absolute atomic E-state index is 0.119.